The molecule has 0 bridgehead atoms. The van der Waals surface area contributed by atoms with E-state index in [1.54, 1.807) is 0 Å². The summed E-state index contributed by atoms with van der Waals surface area (Å²) in [5.74, 6) is 1.21. The number of aromatic nitrogens is 3. The predicted molar refractivity (Wildman–Crippen MR) is 92.5 cm³/mol. The van der Waals surface area contributed by atoms with Gasteiger partial charge in [0.2, 0.25) is 0 Å². The molecule has 2 fully saturated rings. The molecule has 0 spiro atoms. The maximum Gasteiger partial charge on any atom is 0.160 e. The quantitative estimate of drug-likeness (QED) is 0.940. The van der Waals surface area contributed by atoms with Gasteiger partial charge in [-0.15, -0.1) is 0 Å². The van der Waals surface area contributed by atoms with Crippen LogP contribution in [-0.4, -0.2) is 51.7 Å². The third kappa shape index (κ3) is 3.12. The summed E-state index contributed by atoms with van der Waals surface area (Å²) in [6.07, 6.45) is 9.43. The molecule has 0 aromatic carbocycles. The van der Waals surface area contributed by atoms with Crippen LogP contribution >= 0.6 is 0 Å². The molecule has 2 aromatic rings. The molecule has 2 unspecified atom stereocenters. The Labute approximate surface area is 138 Å². The normalized spacial score (nSPS) is 26.1. The van der Waals surface area contributed by atoms with Crippen LogP contribution in [0.15, 0.2) is 18.3 Å². The lowest BCUT2D eigenvalue weighted by atomic mass is 10.00. The van der Waals surface area contributed by atoms with Gasteiger partial charge in [0.25, 0.3) is 0 Å². The summed E-state index contributed by atoms with van der Waals surface area (Å²) in [4.78, 5) is 12.1. The summed E-state index contributed by atoms with van der Waals surface area (Å²) in [6, 6.07) is 5.27. The van der Waals surface area contributed by atoms with Gasteiger partial charge in [-0.3, -0.25) is 0 Å². The molecule has 1 N–H and O–H groups in total. The van der Waals surface area contributed by atoms with E-state index in [1.165, 1.54) is 44.5 Å². The first kappa shape index (κ1) is 15.1. The number of nitrogens with one attached hydrogen (secondary N) is 1. The van der Waals surface area contributed by atoms with E-state index in [1.807, 2.05) is 12.3 Å². The zero-order valence-electron chi connectivity index (χ0n) is 14.0. The van der Waals surface area contributed by atoms with E-state index in [2.05, 4.69) is 32.9 Å². The van der Waals surface area contributed by atoms with E-state index in [0.717, 1.165) is 30.7 Å². The highest BCUT2D eigenvalue weighted by atomic mass is 15.2. The van der Waals surface area contributed by atoms with E-state index in [4.69, 9.17) is 4.98 Å². The van der Waals surface area contributed by atoms with Crippen molar-refractivity contribution in [3.8, 4) is 0 Å². The SMILES string of the molecule is CN1CCCCC1Cc1nc2cccnc2n1CC1CCCN1. The molecule has 4 rings (SSSR count). The summed E-state index contributed by atoms with van der Waals surface area (Å²) in [6.45, 7) is 3.36. The number of hydrogen-bond acceptors (Lipinski definition) is 4. The van der Waals surface area contributed by atoms with E-state index in [0.29, 0.717) is 12.1 Å². The van der Waals surface area contributed by atoms with E-state index >= 15 is 0 Å². The predicted octanol–water partition coefficient (Wildman–Crippen LogP) is 2.21. The lowest BCUT2D eigenvalue weighted by Gasteiger charge is -2.32. The summed E-state index contributed by atoms with van der Waals surface area (Å²) >= 11 is 0. The van der Waals surface area contributed by atoms with E-state index < -0.39 is 0 Å². The van der Waals surface area contributed by atoms with E-state index in [9.17, 15) is 0 Å². The second-order valence-corrected chi connectivity index (χ2v) is 7.11. The second kappa shape index (κ2) is 6.57. The largest absolute Gasteiger partial charge is 0.312 e. The van der Waals surface area contributed by atoms with Gasteiger partial charge in [-0.2, -0.15) is 0 Å². The first-order valence-electron chi connectivity index (χ1n) is 9.05. The van der Waals surface area contributed by atoms with Crippen LogP contribution in [0.4, 0.5) is 0 Å². The maximum absolute atomic E-state index is 4.93. The molecule has 124 valence electrons. The first-order valence-corrected chi connectivity index (χ1v) is 9.05. The van der Waals surface area contributed by atoms with Crippen LogP contribution in [0.2, 0.25) is 0 Å². The van der Waals surface area contributed by atoms with Crippen molar-refractivity contribution >= 4 is 11.2 Å². The van der Waals surface area contributed by atoms with Gasteiger partial charge in [-0.25, -0.2) is 9.97 Å². The molecular formula is C18H27N5. The van der Waals surface area contributed by atoms with Crippen LogP contribution in [0.25, 0.3) is 11.2 Å². The van der Waals surface area contributed by atoms with Gasteiger partial charge in [0, 0.05) is 31.2 Å². The number of pyridine rings is 1. The van der Waals surface area contributed by atoms with Crippen LogP contribution in [0.3, 0.4) is 0 Å². The topological polar surface area (TPSA) is 46.0 Å². The highest BCUT2D eigenvalue weighted by Crippen LogP contribution is 2.22. The van der Waals surface area contributed by atoms with Crippen LogP contribution in [0, 0.1) is 0 Å². The van der Waals surface area contributed by atoms with Crippen LogP contribution in [0.1, 0.15) is 37.9 Å². The standard InChI is InChI=1S/C18H27N5/c1-22-11-3-2-7-15(22)12-17-21-16-8-5-10-20-18(16)23(17)13-14-6-4-9-19-14/h5,8,10,14-15,19H,2-4,6-7,9,11-13H2,1H3. The van der Waals surface area contributed by atoms with Crippen molar-refractivity contribution in [3.63, 3.8) is 0 Å². The molecule has 0 amide bonds. The van der Waals surface area contributed by atoms with Gasteiger partial charge >= 0.3 is 0 Å². The number of nitrogens with zero attached hydrogens (tertiary/aromatic N) is 4. The van der Waals surface area contributed by atoms with Crippen molar-refractivity contribution in [2.24, 2.45) is 0 Å². The Morgan fingerprint density at radius 3 is 3.04 bits per heavy atom. The van der Waals surface area contributed by atoms with Gasteiger partial charge in [0.1, 0.15) is 11.3 Å². The highest BCUT2D eigenvalue weighted by molar-refractivity contribution is 5.71. The van der Waals surface area contributed by atoms with Crippen molar-refractivity contribution < 1.29 is 0 Å². The summed E-state index contributed by atoms with van der Waals surface area (Å²) in [5.41, 5.74) is 2.09. The molecule has 0 radical (unpaired) electrons. The summed E-state index contributed by atoms with van der Waals surface area (Å²) < 4.78 is 2.38. The number of piperidine rings is 1. The van der Waals surface area contributed by atoms with Crippen molar-refractivity contribution in [2.75, 3.05) is 20.1 Å². The molecule has 2 saturated heterocycles. The molecule has 2 aliphatic rings. The monoisotopic (exact) mass is 313 g/mol. The summed E-state index contributed by atoms with van der Waals surface area (Å²) in [5, 5.41) is 3.61. The average Bonchev–Trinajstić information content (AvgIpc) is 3.19. The highest BCUT2D eigenvalue weighted by Gasteiger charge is 2.24. The Bertz CT molecular complexity index is 658. The van der Waals surface area contributed by atoms with Crippen molar-refractivity contribution in [1.82, 2.24) is 24.8 Å². The van der Waals surface area contributed by atoms with Gasteiger partial charge in [0.15, 0.2) is 5.65 Å². The Balaban J connectivity index is 1.63. The van der Waals surface area contributed by atoms with Crippen LogP contribution in [-0.2, 0) is 13.0 Å². The smallest absolute Gasteiger partial charge is 0.160 e. The number of likely N-dealkylation sites (N-methyl/N-ethyl adjacent to an activating group) is 1. The zero-order chi connectivity index (χ0) is 15.6. The molecule has 5 nitrogen and oxygen atoms in total. The fourth-order valence-corrected chi connectivity index (χ4v) is 4.10. The number of imidazole rings is 1. The molecule has 2 aromatic heterocycles. The third-order valence-electron chi connectivity index (χ3n) is 5.49. The molecular weight excluding hydrogens is 286 g/mol. The number of likely N-dealkylation sites (tertiary alicyclic amines) is 1. The van der Waals surface area contributed by atoms with Gasteiger partial charge in [0.05, 0.1) is 0 Å². The minimum atomic E-state index is 0.567. The average molecular weight is 313 g/mol. The van der Waals surface area contributed by atoms with Crippen LogP contribution < -0.4 is 5.32 Å². The van der Waals surface area contributed by atoms with Crippen molar-refractivity contribution in [3.05, 3.63) is 24.2 Å². The lowest BCUT2D eigenvalue weighted by Crippen LogP contribution is -2.38. The Morgan fingerprint density at radius 2 is 2.22 bits per heavy atom. The molecule has 23 heavy (non-hydrogen) atoms. The molecule has 5 heteroatoms. The number of rotatable bonds is 4. The fraction of sp³-hybridized carbons (Fsp3) is 0.667. The molecule has 4 heterocycles. The van der Waals surface area contributed by atoms with Gasteiger partial charge in [-0.1, -0.05) is 6.42 Å². The Morgan fingerprint density at radius 1 is 1.26 bits per heavy atom. The number of hydrogen-bond donors (Lipinski definition) is 1. The van der Waals surface area contributed by atoms with Gasteiger partial charge < -0.3 is 14.8 Å². The molecule has 0 saturated carbocycles. The summed E-state index contributed by atoms with van der Waals surface area (Å²) in [7, 11) is 2.26. The third-order valence-corrected chi connectivity index (χ3v) is 5.49. The van der Waals surface area contributed by atoms with E-state index in [-0.39, 0.29) is 0 Å². The minimum absolute atomic E-state index is 0.567. The Kier molecular flexibility index (Phi) is 4.31. The second-order valence-electron chi connectivity index (χ2n) is 7.11. The molecule has 0 aliphatic carbocycles. The fourth-order valence-electron chi connectivity index (χ4n) is 4.10. The number of fused-ring (bicyclic) bond motifs is 1. The first-order chi connectivity index (χ1) is 11.3. The molecule has 2 aliphatic heterocycles. The molecule has 2 atom stereocenters. The zero-order valence-corrected chi connectivity index (χ0v) is 14.0. The Hall–Kier alpha value is -1.46. The minimum Gasteiger partial charge on any atom is -0.312 e. The van der Waals surface area contributed by atoms with Crippen molar-refractivity contribution in [1.29, 1.82) is 0 Å². The van der Waals surface area contributed by atoms with Gasteiger partial charge in [-0.05, 0) is 58.0 Å². The lowest BCUT2D eigenvalue weighted by molar-refractivity contribution is 0.181. The van der Waals surface area contributed by atoms with Crippen LogP contribution in [0.5, 0.6) is 0 Å². The van der Waals surface area contributed by atoms with Crippen molar-refractivity contribution in [2.45, 2.75) is 57.2 Å². The maximum atomic E-state index is 4.93.